The molecule has 0 aliphatic heterocycles. The molecule has 0 fully saturated rings. The highest BCUT2D eigenvalue weighted by Crippen LogP contribution is 2.34. The number of hydrogen-bond donors (Lipinski definition) is 3. The molecule has 2 heterocycles. The quantitative estimate of drug-likeness (QED) is 0.638. The van der Waals surface area contributed by atoms with Gasteiger partial charge in [-0.3, -0.25) is 9.59 Å². The smallest absolute Gasteiger partial charge is 0.267 e. The highest BCUT2D eigenvalue weighted by Gasteiger charge is 2.19. The molecule has 4 N–H and O–H groups in total. The Balaban J connectivity index is 2.05. The molecule has 22 heavy (non-hydrogen) atoms. The Morgan fingerprint density at radius 3 is 2.82 bits per heavy atom. The normalized spacial score (nSPS) is 10.8. The maximum absolute atomic E-state index is 12.5. The first kappa shape index (κ1) is 14.8. The molecule has 0 radical (unpaired) electrons. The van der Waals surface area contributed by atoms with Crippen molar-refractivity contribution in [3.8, 4) is 0 Å². The highest BCUT2D eigenvalue weighted by atomic mass is 79.9. The number of aryl methyl sites for hydroxylation is 1. The Kier molecular flexibility index (Phi) is 3.76. The van der Waals surface area contributed by atoms with E-state index in [0.717, 1.165) is 15.4 Å². The number of thiophene rings is 1. The number of hydrogen-bond acceptors (Lipinski definition) is 4. The summed E-state index contributed by atoms with van der Waals surface area (Å²) in [6.45, 7) is 1.80. The second kappa shape index (κ2) is 5.58. The van der Waals surface area contributed by atoms with Gasteiger partial charge < -0.3 is 16.0 Å². The molecule has 1 aromatic carbocycles. The van der Waals surface area contributed by atoms with Crippen LogP contribution in [-0.4, -0.2) is 10.9 Å². The third-order valence-electron chi connectivity index (χ3n) is 3.25. The third kappa shape index (κ3) is 2.53. The number of aromatic amines is 1. The molecule has 0 spiro atoms. The van der Waals surface area contributed by atoms with Crippen molar-refractivity contribution in [1.82, 2.24) is 4.98 Å². The number of halogens is 1. The Bertz CT molecular complexity index is 946. The van der Waals surface area contributed by atoms with Gasteiger partial charge in [-0.25, -0.2) is 0 Å². The molecule has 0 aliphatic rings. The second-order valence-corrected chi connectivity index (χ2v) is 6.67. The van der Waals surface area contributed by atoms with Crippen molar-refractivity contribution in [1.29, 1.82) is 0 Å². The standard InChI is InChI=1S/C15H12BrN3O2S/c1-7-6-10(20)19-15-11(7)12(17)13(22-15)14(21)18-9-5-3-2-4-8(9)16/h2-6H,17H2,1H3,(H,18,21)(H,19,20). The van der Waals surface area contributed by atoms with Crippen molar-refractivity contribution in [3.63, 3.8) is 0 Å². The molecule has 1 amide bonds. The van der Waals surface area contributed by atoms with E-state index in [4.69, 9.17) is 5.73 Å². The lowest BCUT2D eigenvalue weighted by molar-refractivity contribution is 0.103. The number of carbonyl (C=O) groups is 1. The molecule has 0 bridgehead atoms. The van der Waals surface area contributed by atoms with E-state index in [1.54, 1.807) is 13.0 Å². The lowest BCUT2D eigenvalue weighted by Gasteiger charge is -2.06. The Hall–Kier alpha value is -2.12. The number of aromatic nitrogens is 1. The fourth-order valence-electron chi connectivity index (χ4n) is 2.25. The number of amides is 1. The molecule has 0 unspecified atom stereocenters. The molecule has 2 aromatic heterocycles. The van der Waals surface area contributed by atoms with E-state index in [1.165, 1.54) is 17.4 Å². The number of nitrogens with two attached hydrogens (primary N) is 1. The molecular formula is C15H12BrN3O2S. The fourth-order valence-corrected chi connectivity index (χ4v) is 3.72. The van der Waals surface area contributed by atoms with Crippen LogP contribution >= 0.6 is 27.3 Å². The van der Waals surface area contributed by atoms with Crippen LogP contribution in [-0.2, 0) is 0 Å². The fraction of sp³-hybridized carbons (Fsp3) is 0.0667. The highest BCUT2D eigenvalue weighted by molar-refractivity contribution is 9.10. The first-order chi connectivity index (χ1) is 10.5. The molecule has 0 saturated carbocycles. The maximum atomic E-state index is 12.5. The Morgan fingerprint density at radius 2 is 2.09 bits per heavy atom. The van der Waals surface area contributed by atoms with Gasteiger partial charge in [0.05, 0.1) is 11.4 Å². The van der Waals surface area contributed by atoms with Gasteiger partial charge in [-0.2, -0.15) is 0 Å². The summed E-state index contributed by atoms with van der Waals surface area (Å²) >= 11 is 4.56. The van der Waals surface area contributed by atoms with Gasteiger partial charge in [0.1, 0.15) is 9.71 Å². The van der Waals surface area contributed by atoms with Gasteiger partial charge in [-0.1, -0.05) is 12.1 Å². The number of H-pyrrole nitrogens is 1. The average Bonchev–Trinajstić information content (AvgIpc) is 2.78. The lowest BCUT2D eigenvalue weighted by atomic mass is 10.1. The maximum Gasteiger partial charge on any atom is 0.267 e. The minimum atomic E-state index is -0.300. The molecule has 112 valence electrons. The van der Waals surface area contributed by atoms with Crippen LogP contribution in [0.4, 0.5) is 11.4 Å². The van der Waals surface area contributed by atoms with Crippen LogP contribution in [0.25, 0.3) is 10.2 Å². The van der Waals surface area contributed by atoms with Gasteiger partial charge >= 0.3 is 0 Å². The predicted octanol–water partition coefficient (Wildman–Crippen LogP) is 3.50. The topological polar surface area (TPSA) is 88.0 Å². The zero-order valence-corrected chi connectivity index (χ0v) is 14.0. The van der Waals surface area contributed by atoms with Gasteiger partial charge in [0.2, 0.25) is 5.56 Å². The van der Waals surface area contributed by atoms with E-state index in [1.807, 2.05) is 18.2 Å². The number of fused-ring (bicyclic) bond motifs is 1. The van der Waals surface area contributed by atoms with Crippen molar-refractivity contribution in [3.05, 3.63) is 55.6 Å². The summed E-state index contributed by atoms with van der Waals surface area (Å²) in [6, 6.07) is 8.79. The zero-order chi connectivity index (χ0) is 15.9. The molecule has 0 aliphatic carbocycles. The monoisotopic (exact) mass is 377 g/mol. The third-order valence-corrected chi connectivity index (χ3v) is 5.06. The number of nitrogen functional groups attached to an aromatic ring is 1. The van der Waals surface area contributed by atoms with Gasteiger partial charge in [0.15, 0.2) is 0 Å². The van der Waals surface area contributed by atoms with Crippen LogP contribution in [0.1, 0.15) is 15.2 Å². The summed E-state index contributed by atoms with van der Waals surface area (Å²) in [7, 11) is 0. The minimum Gasteiger partial charge on any atom is -0.397 e. The van der Waals surface area contributed by atoms with E-state index in [0.29, 0.717) is 21.1 Å². The van der Waals surface area contributed by atoms with Crippen LogP contribution in [0.5, 0.6) is 0 Å². The Labute approximate surface area is 138 Å². The number of rotatable bonds is 2. The molecule has 3 aromatic rings. The van der Waals surface area contributed by atoms with E-state index in [-0.39, 0.29) is 11.5 Å². The first-order valence-electron chi connectivity index (χ1n) is 6.45. The average molecular weight is 378 g/mol. The zero-order valence-electron chi connectivity index (χ0n) is 11.6. The summed E-state index contributed by atoms with van der Waals surface area (Å²) in [5, 5.41) is 3.54. The number of para-hydroxylation sites is 1. The van der Waals surface area contributed by atoms with E-state index >= 15 is 0 Å². The molecule has 0 atom stereocenters. The summed E-state index contributed by atoms with van der Waals surface area (Å²) in [5.41, 5.74) is 7.70. The molecule has 7 heteroatoms. The van der Waals surface area contributed by atoms with Crippen molar-refractivity contribution >= 4 is 54.8 Å². The van der Waals surface area contributed by atoms with Crippen molar-refractivity contribution in [2.75, 3.05) is 11.1 Å². The van der Waals surface area contributed by atoms with Crippen LogP contribution < -0.4 is 16.6 Å². The summed E-state index contributed by atoms with van der Waals surface area (Å²) in [6.07, 6.45) is 0. The molecule has 3 rings (SSSR count). The van der Waals surface area contributed by atoms with Crippen molar-refractivity contribution in [2.45, 2.75) is 6.92 Å². The molecule has 0 saturated heterocycles. The van der Waals surface area contributed by atoms with Gasteiger partial charge in [-0.15, -0.1) is 11.3 Å². The number of anilines is 2. The van der Waals surface area contributed by atoms with Crippen LogP contribution in [0.3, 0.4) is 0 Å². The lowest BCUT2D eigenvalue weighted by Crippen LogP contribution is -2.12. The van der Waals surface area contributed by atoms with Crippen molar-refractivity contribution in [2.24, 2.45) is 0 Å². The SMILES string of the molecule is Cc1cc(=O)[nH]c2sc(C(=O)Nc3ccccc3Br)c(N)c12. The van der Waals surface area contributed by atoms with Crippen LogP contribution in [0, 0.1) is 6.92 Å². The summed E-state index contributed by atoms with van der Waals surface area (Å²) in [4.78, 5) is 27.7. The summed E-state index contributed by atoms with van der Waals surface area (Å²) in [5.74, 6) is -0.300. The molecule has 5 nitrogen and oxygen atoms in total. The van der Waals surface area contributed by atoms with Crippen LogP contribution in [0.2, 0.25) is 0 Å². The first-order valence-corrected chi connectivity index (χ1v) is 8.06. The number of pyridine rings is 1. The predicted molar refractivity (Wildman–Crippen MR) is 93.7 cm³/mol. The number of benzene rings is 1. The van der Waals surface area contributed by atoms with E-state index in [9.17, 15) is 9.59 Å². The summed E-state index contributed by atoms with van der Waals surface area (Å²) < 4.78 is 0.785. The van der Waals surface area contributed by atoms with Crippen molar-refractivity contribution < 1.29 is 4.79 Å². The number of carbonyl (C=O) groups excluding carboxylic acids is 1. The van der Waals surface area contributed by atoms with E-state index in [2.05, 4.69) is 26.2 Å². The largest absolute Gasteiger partial charge is 0.397 e. The second-order valence-electron chi connectivity index (χ2n) is 4.80. The van der Waals surface area contributed by atoms with Gasteiger partial charge in [0.25, 0.3) is 5.91 Å². The van der Waals surface area contributed by atoms with E-state index < -0.39 is 0 Å². The van der Waals surface area contributed by atoms with Gasteiger partial charge in [0, 0.05) is 15.9 Å². The van der Waals surface area contributed by atoms with Gasteiger partial charge in [-0.05, 0) is 40.5 Å². The minimum absolute atomic E-state index is 0.205. The Morgan fingerprint density at radius 1 is 1.36 bits per heavy atom. The number of nitrogens with one attached hydrogen (secondary N) is 2. The van der Waals surface area contributed by atoms with Crippen LogP contribution in [0.15, 0.2) is 39.6 Å². The molecular weight excluding hydrogens is 366 g/mol.